The fourth-order valence-electron chi connectivity index (χ4n) is 1.91. The van der Waals surface area contributed by atoms with Crippen molar-refractivity contribution >= 4 is 45.2 Å². The quantitative estimate of drug-likeness (QED) is 0.466. The molecular weight excluding hydrogens is 366 g/mol. The first kappa shape index (κ1) is 8.99. The van der Waals surface area contributed by atoms with E-state index in [2.05, 4.69) is 45.2 Å². The second-order valence-corrected chi connectivity index (χ2v) is 6.60. The van der Waals surface area contributed by atoms with Gasteiger partial charge in [-0.15, -0.1) is 0 Å². The van der Waals surface area contributed by atoms with E-state index in [4.69, 9.17) is 4.74 Å². The van der Waals surface area contributed by atoms with Gasteiger partial charge in [0, 0.05) is 7.85 Å². The van der Waals surface area contributed by atoms with Crippen molar-refractivity contribution in [3.63, 3.8) is 0 Å². The highest BCUT2D eigenvalue weighted by Gasteiger charge is 2.36. The van der Waals surface area contributed by atoms with Gasteiger partial charge in [-0.1, -0.05) is 45.2 Å². The van der Waals surface area contributed by atoms with Gasteiger partial charge < -0.3 is 4.74 Å². The zero-order valence-corrected chi connectivity index (χ0v) is 10.6. The summed E-state index contributed by atoms with van der Waals surface area (Å²) in [5, 5.41) is 0. The Morgan fingerprint density at radius 2 is 1.27 bits per heavy atom. The Labute approximate surface area is 94.9 Å². The van der Waals surface area contributed by atoms with Crippen LogP contribution in [0.4, 0.5) is 0 Å². The Kier molecular flexibility index (Phi) is 2.99. The molecule has 3 heteroatoms. The van der Waals surface area contributed by atoms with Crippen molar-refractivity contribution < 1.29 is 4.74 Å². The minimum Gasteiger partial charge on any atom is -0.373 e. The summed E-state index contributed by atoms with van der Waals surface area (Å²) in [6.45, 7) is 0. The first-order valence-corrected chi connectivity index (χ1v) is 6.70. The Morgan fingerprint density at radius 1 is 0.818 bits per heavy atom. The molecule has 0 aliphatic carbocycles. The molecule has 64 valence electrons. The van der Waals surface area contributed by atoms with E-state index in [1.807, 2.05) is 0 Å². The molecule has 0 aromatic heterocycles. The van der Waals surface area contributed by atoms with Crippen molar-refractivity contribution in [2.75, 3.05) is 0 Å². The molecule has 0 unspecified atom stereocenters. The lowest BCUT2D eigenvalue weighted by Gasteiger charge is -2.41. The molecule has 0 aromatic carbocycles. The molecule has 11 heavy (non-hydrogen) atoms. The number of alkyl halides is 2. The Bertz CT molecular complexity index is 135. The van der Waals surface area contributed by atoms with Crippen molar-refractivity contribution in [2.45, 2.75) is 45.7 Å². The largest absolute Gasteiger partial charge is 0.373 e. The highest BCUT2D eigenvalue weighted by molar-refractivity contribution is 14.1. The summed E-state index contributed by atoms with van der Waals surface area (Å²) in [7, 11) is 0. The molecule has 1 nitrogen and oxygen atoms in total. The molecule has 0 saturated carbocycles. The van der Waals surface area contributed by atoms with Crippen molar-refractivity contribution in [1.82, 2.24) is 0 Å². The van der Waals surface area contributed by atoms with Gasteiger partial charge in [0.1, 0.15) is 0 Å². The second-order valence-electron chi connectivity index (χ2n) is 3.40. The molecule has 2 rings (SSSR count). The molecular formula is C8H12I2O. The van der Waals surface area contributed by atoms with Crippen LogP contribution in [0.15, 0.2) is 0 Å². The summed E-state index contributed by atoms with van der Waals surface area (Å²) >= 11 is 5.08. The summed E-state index contributed by atoms with van der Waals surface area (Å²) in [6, 6.07) is 0. The van der Waals surface area contributed by atoms with Crippen molar-refractivity contribution in [3.05, 3.63) is 0 Å². The van der Waals surface area contributed by atoms with Gasteiger partial charge in [0.05, 0.1) is 12.2 Å². The molecule has 2 aliphatic heterocycles. The molecule has 0 radical (unpaired) electrons. The molecule has 0 spiro atoms. The van der Waals surface area contributed by atoms with E-state index in [0.29, 0.717) is 12.2 Å². The van der Waals surface area contributed by atoms with E-state index in [1.54, 1.807) is 0 Å². The lowest BCUT2D eigenvalue weighted by molar-refractivity contribution is -0.0686. The monoisotopic (exact) mass is 378 g/mol. The molecule has 0 aromatic rings. The third kappa shape index (κ3) is 1.85. The molecule has 4 atom stereocenters. The molecule has 2 bridgehead atoms. The van der Waals surface area contributed by atoms with Crippen LogP contribution >= 0.6 is 45.2 Å². The van der Waals surface area contributed by atoms with Gasteiger partial charge in [-0.2, -0.15) is 0 Å². The maximum atomic E-state index is 5.93. The minimum atomic E-state index is 0.584. The minimum absolute atomic E-state index is 0.584. The van der Waals surface area contributed by atoms with E-state index >= 15 is 0 Å². The van der Waals surface area contributed by atoms with Crippen molar-refractivity contribution in [1.29, 1.82) is 0 Å². The second kappa shape index (κ2) is 3.65. The predicted molar refractivity (Wildman–Crippen MR) is 62.7 cm³/mol. The third-order valence-electron chi connectivity index (χ3n) is 2.61. The third-order valence-corrected chi connectivity index (χ3v) is 5.46. The number of fused-ring (bicyclic) bond motifs is 2. The molecule has 0 N–H and O–H groups in total. The Hall–Kier alpha value is 1.42. The molecule has 2 heterocycles. The summed E-state index contributed by atoms with van der Waals surface area (Å²) in [6.07, 6.45) is 6.49. The van der Waals surface area contributed by atoms with Gasteiger partial charge in [-0.05, 0) is 25.7 Å². The highest BCUT2D eigenvalue weighted by atomic mass is 127. The van der Waals surface area contributed by atoms with Crippen LogP contribution in [-0.2, 0) is 4.74 Å². The predicted octanol–water partition coefficient (Wildman–Crippen LogP) is 2.94. The fourth-order valence-corrected chi connectivity index (χ4v) is 3.69. The average molecular weight is 378 g/mol. The molecule has 2 saturated heterocycles. The lowest BCUT2D eigenvalue weighted by atomic mass is 9.92. The van der Waals surface area contributed by atoms with Crippen LogP contribution in [0, 0.1) is 0 Å². The lowest BCUT2D eigenvalue weighted by Crippen LogP contribution is -2.44. The maximum Gasteiger partial charge on any atom is 0.0697 e. The van der Waals surface area contributed by atoms with E-state index in [0.717, 1.165) is 7.85 Å². The summed E-state index contributed by atoms with van der Waals surface area (Å²) < 4.78 is 7.50. The van der Waals surface area contributed by atoms with Gasteiger partial charge in [0.2, 0.25) is 0 Å². The van der Waals surface area contributed by atoms with E-state index in [9.17, 15) is 0 Å². The van der Waals surface area contributed by atoms with Gasteiger partial charge in [-0.25, -0.2) is 0 Å². The SMILES string of the molecule is I[C@H]1CC[C@H]2O[C@@H]1CC[C@@H]2I. The van der Waals surface area contributed by atoms with Crippen LogP contribution in [0.2, 0.25) is 0 Å². The molecule has 0 amide bonds. The van der Waals surface area contributed by atoms with Crippen LogP contribution in [0.3, 0.4) is 0 Å². The van der Waals surface area contributed by atoms with Gasteiger partial charge in [0.15, 0.2) is 0 Å². The van der Waals surface area contributed by atoms with Crippen LogP contribution in [-0.4, -0.2) is 20.1 Å². The summed E-state index contributed by atoms with van der Waals surface area (Å²) in [4.78, 5) is 0. The van der Waals surface area contributed by atoms with Crippen LogP contribution in [0.1, 0.15) is 25.7 Å². The molecule has 2 aliphatic rings. The topological polar surface area (TPSA) is 9.23 Å². The number of rotatable bonds is 0. The van der Waals surface area contributed by atoms with Crippen LogP contribution < -0.4 is 0 Å². The number of hydrogen-bond acceptors (Lipinski definition) is 1. The van der Waals surface area contributed by atoms with Crippen LogP contribution in [0.25, 0.3) is 0 Å². The van der Waals surface area contributed by atoms with Gasteiger partial charge in [-0.3, -0.25) is 0 Å². The van der Waals surface area contributed by atoms with Gasteiger partial charge in [0.25, 0.3) is 0 Å². The number of halogens is 2. The maximum absolute atomic E-state index is 5.93. The van der Waals surface area contributed by atoms with Crippen LogP contribution in [0.5, 0.6) is 0 Å². The average Bonchev–Trinajstić information content (AvgIpc) is 2.02. The summed E-state index contributed by atoms with van der Waals surface area (Å²) in [5.74, 6) is 0. The number of hydrogen-bond donors (Lipinski definition) is 0. The Morgan fingerprint density at radius 3 is 1.73 bits per heavy atom. The molecule has 2 fully saturated rings. The van der Waals surface area contributed by atoms with E-state index in [-0.39, 0.29) is 0 Å². The zero-order valence-electron chi connectivity index (χ0n) is 6.30. The zero-order chi connectivity index (χ0) is 7.84. The van der Waals surface area contributed by atoms with E-state index in [1.165, 1.54) is 25.7 Å². The smallest absolute Gasteiger partial charge is 0.0697 e. The van der Waals surface area contributed by atoms with E-state index < -0.39 is 0 Å². The normalized spacial score (nSPS) is 50.7. The summed E-state index contributed by atoms with van der Waals surface area (Å²) in [5.41, 5.74) is 0. The van der Waals surface area contributed by atoms with Gasteiger partial charge >= 0.3 is 0 Å². The van der Waals surface area contributed by atoms with Crippen molar-refractivity contribution in [2.24, 2.45) is 0 Å². The highest BCUT2D eigenvalue weighted by Crippen LogP contribution is 2.37. The first-order valence-electron chi connectivity index (χ1n) is 4.21. The first-order chi connectivity index (χ1) is 5.27. The Balaban J connectivity index is 2.02. The fraction of sp³-hybridized carbons (Fsp3) is 1.00. The van der Waals surface area contributed by atoms with Crippen molar-refractivity contribution in [3.8, 4) is 0 Å². The standard InChI is InChI=1S/C8H12I2O/c9-5-1-3-7-6(10)2-4-8(5)11-7/h5-8H,1-4H2/t5-,6-,7+,8+/m0/s1. The number of ether oxygens (including phenoxy) is 1.